The van der Waals surface area contributed by atoms with Gasteiger partial charge >= 0.3 is 12.1 Å². The maximum Gasteiger partial charge on any atom is 0.414 e. The minimum atomic E-state index is -1.00. The van der Waals surface area contributed by atoms with Crippen molar-refractivity contribution in [3.8, 4) is 35.4 Å². The van der Waals surface area contributed by atoms with Gasteiger partial charge in [-0.1, -0.05) is 18.4 Å². The number of nitrogens with one attached hydrogen (secondary N) is 3. The highest BCUT2D eigenvalue weighted by molar-refractivity contribution is 6.03. The van der Waals surface area contributed by atoms with Crippen molar-refractivity contribution in [2.24, 2.45) is 5.92 Å². The summed E-state index contributed by atoms with van der Waals surface area (Å²) in [5.74, 6) is 1.35. The molecule has 2 fully saturated rings. The number of amides is 1. The Kier molecular flexibility index (Phi) is 12.3. The standard InChI is InChI=1S/C38H45F3N8O3/c1-4-28-31(40)12-11-25-19-27(52-38(50)48(3)16-9-13-42-2)20-29(32(25)28)34-33(41)35-30(22-44-34)36(49-17-7-5-6-15-45-49)47-37(46-35)51-23-24-10-8-14-43-21-26(39)18-24/h1,11-12,19-20,22,24,26,42-43,45H,5-10,13-18,21,23H2,2-3H3/t24-,26-/m1/s1. The van der Waals surface area contributed by atoms with Gasteiger partial charge in [0.05, 0.1) is 17.6 Å². The van der Waals surface area contributed by atoms with Crippen molar-refractivity contribution in [2.75, 3.05) is 65.0 Å². The minimum absolute atomic E-state index is 0.0515. The highest BCUT2D eigenvalue weighted by Gasteiger charge is 2.26. The van der Waals surface area contributed by atoms with Crippen molar-refractivity contribution in [1.29, 1.82) is 0 Å². The molecule has 11 nitrogen and oxygen atoms in total. The predicted octanol–water partition coefficient (Wildman–Crippen LogP) is 5.75. The van der Waals surface area contributed by atoms with Gasteiger partial charge in [-0.05, 0) is 88.2 Å². The molecule has 2 aromatic heterocycles. The van der Waals surface area contributed by atoms with Crippen LogP contribution < -0.4 is 30.5 Å². The summed E-state index contributed by atoms with van der Waals surface area (Å²) in [6, 6.07) is 5.65. The largest absolute Gasteiger partial charge is 0.463 e. The molecular formula is C38H45F3N8O3. The highest BCUT2D eigenvalue weighted by Crippen LogP contribution is 2.39. The third kappa shape index (κ3) is 8.49. The van der Waals surface area contributed by atoms with Crippen LogP contribution in [0.4, 0.5) is 23.8 Å². The quantitative estimate of drug-likeness (QED) is 0.138. The summed E-state index contributed by atoms with van der Waals surface area (Å²) in [7, 11) is 3.45. The number of alkyl halides is 1. The van der Waals surface area contributed by atoms with E-state index in [2.05, 4.69) is 31.9 Å². The van der Waals surface area contributed by atoms with Crippen molar-refractivity contribution in [3.63, 3.8) is 0 Å². The maximum atomic E-state index is 17.1. The third-order valence-electron chi connectivity index (χ3n) is 9.51. The van der Waals surface area contributed by atoms with Crippen LogP contribution in [0, 0.1) is 29.9 Å². The first kappa shape index (κ1) is 37.1. The SMILES string of the molecule is C#Cc1c(F)ccc2cc(OC(=O)N(C)CCCNC)cc(-c3ncc4c(N5CCCCCN5)nc(OC[C@@H]5CCCNC[C@H](F)C5)nc4c3F)c12. The lowest BCUT2D eigenvalue weighted by Crippen LogP contribution is -2.38. The summed E-state index contributed by atoms with van der Waals surface area (Å²) in [5.41, 5.74) is 3.16. The Hall–Kier alpha value is -4.71. The number of anilines is 1. The number of rotatable bonds is 10. The smallest absolute Gasteiger partial charge is 0.414 e. The van der Waals surface area contributed by atoms with Gasteiger partial charge in [-0.15, -0.1) is 6.42 Å². The summed E-state index contributed by atoms with van der Waals surface area (Å²) in [6.45, 7) is 3.66. The van der Waals surface area contributed by atoms with Gasteiger partial charge in [0.25, 0.3) is 0 Å². The van der Waals surface area contributed by atoms with Gasteiger partial charge in [0, 0.05) is 50.4 Å². The maximum absolute atomic E-state index is 17.1. The van der Waals surface area contributed by atoms with E-state index in [0.717, 1.165) is 38.6 Å². The van der Waals surface area contributed by atoms with E-state index >= 15 is 8.78 Å². The Morgan fingerprint density at radius 3 is 2.87 bits per heavy atom. The summed E-state index contributed by atoms with van der Waals surface area (Å²) in [6.07, 6.45) is 11.2. The molecule has 4 heterocycles. The molecule has 52 heavy (non-hydrogen) atoms. The molecule has 0 saturated carbocycles. The van der Waals surface area contributed by atoms with E-state index < -0.39 is 23.9 Å². The first-order valence-electron chi connectivity index (χ1n) is 17.9. The Morgan fingerprint density at radius 2 is 2.04 bits per heavy atom. The molecule has 4 aromatic rings. The molecule has 0 spiro atoms. The van der Waals surface area contributed by atoms with E-state index in [-0.39, 0.29) is 52.0 Å². The first-order valence-corrected chi connectivity index (χ1v) is 17.9. The minimum Gasteiger partial charge on any atom is -0.463 e. The second kappa shape index (κ2) is 17.2. The van der Waals surface area contributed by atoms with Crippen LogP contribution in [0.25, 0.3) is 32.9 Å². The summed E-state index contributed by atoms with van der Waals surface area (Å²) < 4.78 is 58.6. The van der Waals surface area contributed by atoms with E-state index in [9.17, 15) is 9.18 Å². The number of pyridine rings is 1. The zero-order valence-electron chi connectivity index (χ0n) is 29.6. The fourth-order valence-electron chi connectivity index (χ4n) is 6.77. The second-order valence-corrected chi connectivity index (χ2v) is 13.4. The van der Waals surface area contributed by atoms with Crippen molar-refractivity contribution in [1.82, 2.24) is 35.9 Å². The van der Waals surface area contributed by atoms with Crippen molar-refractivity contribution in [2.45, 2.75) is 51.1 Å². The van der Waals surface area contributed by atoms with Gasteiger partial charge in [0.2, 0.25) is 0 Å². The molecule has 1 amide bonds. The molecule has 0 bridgehead atoms. The topological polar surface area (TPSA) is 117 Å². The van der Waals surface area contributed by atoms with E-state index in [1.165, 1.54) is 29.3 Å². The van der Waals surface area contributed by atoms with E-state index in [1.54, 1.807) is 13.1 Å². The lowest BCUT2D eigenvalue weighted by atomic mass is 9.95. The van der Waals surface area contributed by atoms with Crippen LogP contribution in [0.1, 0.15) is 50.5 Å². The fraction of sp³-hybridized carbons (Fsp3) is 0.474. The number of hydrogen-bond donors (Lipinski definition) is 3. The number of aromatic nitrogens is 3. The number of fused-ring (bicyclic) bond motifs is 2. The molecule has 2 aromatic carbocycles. The van der Waals surface area contributed by atoms with Crippen molar-refractivity contribution >= 4 is 33.6 Å². The molecule has 0 aliphatic carbocycles. The van der Waals surface area contributed by atoms with Crippen LogP contribution in [0.2, 0.25) is 0 Å². The average Bonchev–Trinajstić information content (AvgIpc) is 3.42. The monoisotopic (exact) mass is 718 g/mol. The molecule has 14 heteroatoms. The summed E-state index contributed by atoms with van der Waals surface area (Å²) in [4.78, 5) is 28.3. The van der Waals surface area contributed by atoms with Crippen LogP contribution in [0.3, 0.4) is 0 Å². The molecule has 3 N–H and O–H groups in total. The molecular weight excluding hydrogens is 673 g/mol. The van der Waals surface area contributed by atoms with Crippen LogP contribution in [-0.2, 0) is 0 Å². The second-order valence-electron chi connectivity index (χ2n) is 13.4. The summed E-state index contributed by atoms with van der Waals surface area (Å²) >= 11 is 0. The Balaban J connectivity index is 1.45. The van der Waals surface area contributed by atoms with Gasteiger partial charge in [0.1, 0.15) is 28.9 Å². The number of carbonyl (C=O) groups is 1. The van der Waals surface area contributed by atoms with Crippen molar-refractivity contribution < 1.29 is 27.4 Å². The van der Waals surface area contributed by atoms with Gasteiger partial charge in [-0.2, -0.15) is 9.97 Å². The number of hydrogen-bond acceptors (Lipinski definition) is 10. The number of terminal acetylenes is 1. The van der Waals surface area contributed by atoms with Crippen LogP contribution in [-0.4, -0.2) is 92.1 Å². The number of benzene rings is 2. The third-order valence-corrected chi connectivity index (χ3v) is 9.51. The number of hydrazine groups is 1. The molecule has 0 radical (unpaired) electrons. The summed E-state index contributed by atoms with van der Waals surface area (Å²) in [5, 5.41) is 9.00. The number of nitrogens with zero attached hydrogens (tertiary/aromatic N) is 5. The fourth-order valence-corrected chi connectivity index (χ4v) is 6.77. The first-order chi connectivity index (χ1) is 25.3. The molecule has 276 valence electrons. The number of ether oxygens (including phenoxy) is 2. The normalized spacial score (nSPS) is 18.3. The van der Waals surface area contributed by atoms with Crippen LogP contribution >= 0.6 is 0 Å². The Labute approximate surface area is 301 Å². The molecule has 0 unspecified atom stereocenters. The highest BCUT2D eigenvalue weighted by atomic mass is 19.1. The lowest BCUT2D eigenvalue weighted by molar-refractivity contribution is 0.162. The van der Waals surface area contributed by atoms with Gasteiger partial charge in [0.15, 0.2) is 11.6 Å². The van der Waals surface area contributed by atoms with E-state index in [0.29, 0.717) is 62.2 Å². The number of carbonyl (C=O) groups excluding carboxylic acids is 1. The number of halogens is 3. The molecule has 2 atom stereocenters. The zero-order valence-corrected chi connectivity index (χ0v) is 29.6. The van der Waals surface area contributed by atoms with Gasteiger partial charge < -0.3 is 25.0 Å². The molecule has 2 aliphatic heterocycles. The average molecular weight is 719 g/mol. The molecule has 6 rings (SSSR count). The van der Waals surface area contributed by atoms with Crippen LogP contribution in [0.5, 0.6) is 11.8 Å². The molecule has 2 aliphatic rings. The predicted molar refractivity (Wildman–Crippen MR) is 195 cm³/mol. The Morgan fingerprint density at radius 1 is 1.17 bits per heavy atom. The van der Waals surface area contributed by atoms with Gasteiger partial charge in [-0.25, -0.2) is 23.4 Å². The Bertz CT molecular complexity index is 1930. The van der Waals surface area contributed by atoms with Crippen molar-refractivity contribution in [3.05, 3.63) is 47.7 Å². The van der Waals surface area contributed by atoms with E-state index in [4.69, 9.17) is 20.9 Å². The van der Waals surface area contributed by atoms with Gasteiger partial charge in [-0.3, -0.25) is 9.99 Å². The lowest BCUT2D eigenvalue weighted by Gasteiger charge is -2.25. The van der Waals surface area contributed by atoms with Crippen LogP contribution in [0.15, 0.2) is 30.5 Å². The molecule has 2 saturated heterocycles. The zero-order chi connectivity index (χ0) is 36.6. The van der Waals surface area contributed by atoms with E-state index in [1.807, 2.05) is 12.1 Å².